The Hall–Kier alpha value is -1.52. The molecule has 1 atom stereocenters. The number of nitrogens with one attached hydrogen (secondary N) is 1. The summed E-state index contributed by atoms with van der Waals surface area (Å²) in [7, 11) is 1.80. The normalized spacial score (nSPS) is 12.2. The summed E-state index contributed by atoms with van der Waals surface area (Å²) in [5, 5.41) is 6.78. The number of carbonyl (C=O) groups excluding carboxylic acids is 1. The predicted molar refractivity (Wildman–Crippen MR) is 61.2 cm³/mol. The molecule has 1 aromatic heterocycles. The zero-order valence-electron chi connectivity index (χ0n) is 10.1. The molecule has 1 aromatic rings. The fourth-order valence-corrected chi connectivity index (χ4v) is 1.25. The lowest BCUT2D eigenvalue weighted by Gasteiger charge is -2.12. The van der Waals surface area contributed by atoms with Crippen LogP contribution < -0.4 is 10.1 Å². The molecule has 0 aromatic carbocycles. The molecule has 0 saturated heterocycles. The van der Waals surface area contributed by atoms with Gasteiger partial charge in [0.15, 0.2) is 11.9 Å². The maximum Gasteiger partial charge on any atom is 0.260 e. The maximum absolute atomic E-state index is 11.6. The van der Waals surface area contributed by atoms with Crippen LogP contribution in [0, 0.1) is 0 Å². The third-order valence-corrected chi connectivity index (χ3v) is 2.19. The van der Waals surface area contributed by atoms with Crippen molar-refractivity contribution in [2.45, 2.75) is 32.8 Å². The van der Waals surface area contributed by atoms with Crippen LogP contribution in [0.1, 0.15) is 26.7 Å². The lowest BCUT2D eigenvalue weighted by Crippen LogP contribution is -2.36. The van der Waals surface area contributed by atoms with E-state index < -0.39 is 6.10 Å². The highest BCUT2D eigenvalue weighted by molar-refractivity contribution is 5.80. The monoisotopic (exact) mass is 225 g/mol. The molecule has 0 aliphatic carbocycles. The van der Waals surface area contributed by atoms with Crippen molar-refractivity contribution in [3.8, 4) is 5.75 Å². The van der Waals surface area contributed by atoms with Crippen molar-refractivity contribution in [3.63, 3.8) is 0 Å². The molecule has 5 heteroatoms. The molecule has 0 aliphatic heterocycles. The van der Waals surface area contributed by atoms with Crippen LogP contribution >= 0.6 is 0 Å². The van der Waals surface area contributed by atoms with Crippen LogP contribution in [0.15, 0.2) is 12.4 Å². The number of unbranched alkanes of at least 4 members (excludes halogenated alkanes) is 1. The van der Waals surface area contributed by atoms with Crippen LogP contribution in [0.4, 0.5) is 0 Å². The van der Waals surface area contributed by atoms with Crippen LogP contribution in [0.25, 0.3) is 0 Å². The van der Waals surface area contributed by atoms with Crippen molar-refractivity contribution >= 4 is 5.91 Å². The van der Waals surface area contributed by atoms with E-state index in [0.29, 0.717) is 12.3 Å². The van der Waals surface area contributed by atoms with Gasteiger partial charge in [0.1, 0.15) is 0 Å². The molecule has 1 N–H and O–H groups in total. The number of hydrogen-bond acceptors (Lipinski definition) is 3. The van der Waals surface area contributed by atoms with Gasteiger partial charge in [-0.05, 0) is 13.3 Å². The lowest BCUT2D eigenvalue weighted by atomic mass is 10.3. The molecule has 0 saturated carbocycles. The van der Waals surface area contributed by atoms with E-state index in [1.165, 1.54) is 0 Å². The SMILES string of the molecule is CCCCNC(=O)C(C)Oc1cnn(C)c1. The maximum atomic E-state index is 11.6. The number of nitrogens with zero attached hydrogens (tertiary/aromatic N) is 2. The van der Waals surface area contributed by atoms with Gasteiger partial charge in [-0.25, -0.2) is 0 Å². The number of amides is 1. The van der Waals surface area contributed by atoms with Crippen molar-refractivity contribution in [1.29, 1.82) is 0 Å². The van der Waals surface area contributed by atoms with Crippen LogP contribution in [-0.4, -0.2) is 28.3 Å². The molecule has 0 spiro atoms. The Morgan fingerprint density at radius 2 is 2.44 bits per heavy atom. The van der Waals surface area contributed by atoms with E-state index >= 15 is 0 Å². The average molecular weight is 225 g/mol. The van der Waals surface area contributed by atoms with Gasteiger partial charge < -0.3 is 10.1 Å². The van der Waals surface area contributed by atoms with Crippen LogP contribution in [0.3, 0.4) is 0 Å². The Morgan fingerprint density at radius 1 is 1.69 bits per heavy atom. The van der Waals surface area contributed by atoms with Gasteiger partial charge in [-0.1, -0.05) is 13.3 Å². The Labute approximate surface area is 95.8 Å². The van der Waals surface area contributed by atoms with E-state index in [2.05, 4.69) is 17.3 Å². The summed E-state index contributed by atoms with van der Waals surface area (Å²) in [4.78, 5) is 11.6. The van der Waals surface area contributed by atoms with Gasteiger partial charge in [0.25, 0.3) is 5.91 Å². The van der Waals surface area contributed by atoms with Gasteiger partial charge in [-0.2, -0.15) is 5.10 Å². The van der Waals surface area contributed by atoms with Crippen molar-refractivity contribution in [2.24, 2.45) is 7.05 Å². The molecule has 5 nitrogen and oxygen atoms in total. The zero-order valence-corrected chi connectivity index (χ0v) is 10.1. The van der Waals surface area contributed by atoms with E-state index in [1.54, 1.807) is 31.0 Å². The fraction of sp³-hybridized carbons (Fsp3) is 0.636. The second kappa shape index (κ2) is 6.15. The number of aryl methyl sites for hydroxylation is 1. The van der Waals surface area contributed by atoms with Gasteiger partial charge in [0.05, 0.1) is 12.4 Å². The summed E-state index contributed by atoms with van der Waals surface area (Å²) in [6.45, 7) is 4.52. The summed E-state index contributed by atoms with van der Waals surface area (Å²) >= 11 is 0. The molecular formula is C11H19N3O2. The minimum Gasteiger partial charge on any atom is -0.478 e. The largest absolute Gasteiger partial charge is 0.478 e. The van der Waals surface area contributed by atoms with E-state index in [-0.39, 0.29) is 5.91 Å². The molecule has 1 heterocycles. The Balaban J connectivity index is 2.34. The molecule has 90 valence electrons. The summed E-state index contributed by atoms with van der Waals surface area (Å²) < 4.78 is 7.07. The molecule has 1 rings (SSSR count). The second-order valence-corrected chi connectivity index (χ2v) is 3.75. The highest BCUT2D eigenvalue weighted by Gasteiger charge is 2.14. The van der Waals surface area contributed by atoms with Crippen molar-refractivity contribution in [1.82, 2.24) is 15.1 Å². The summed E-state index contributed by atoms with van der Waals surface area (Å²) in [6, 6.07) is 0. The van der Waals surface area contributed by atoms with E-state index in [9.17, 15) is 4.79 Å². The summed E-state index contributed by atoms with van der Waals surface area (Å²) in [6.07, 6.45) is 4.90. The molecule has 0 radical (unpaired) electrons. The first-order valence-corrected chi connectivity index (χ1v) is 5.56. The van der Waals surface area contributed by atoms with Crippen molar-refractivity contribution in [2.75, 3.05) is 6.54 Å². The Kier molecular flexibility index (Phi) is 4.82. The van der Waals surface area contributed by atoms with Crippen LogP contribution in [-0.2, 0) is 11.8 Å². The van der Waals surface area contributed by atoms with E-state index in [1.807, 2.05) is 0 Å². The quantitative estimate of drug-likeness (QED) is 0.738. The van der Waals surface area contributed by atoms with Crippen molar-refractivity contribution in [3.05, 3.63) is 12.4 Å². The third-order valence-electron chi connectivity index (χ3n) is 2.19. The summed E-state index contributed by atoms with van der Waals surface area (Å²) in [5.74, 6) is 0.526. The zero-order chi connectivity index (χ0) is 12.0. The van der Waals surface area contributed by atoms with Crippen LogP contribution in [0.2, 0.25) is 0 Å². The average Bonchev–Trinajstić information content (AvgIpc) is 2.64. The number of aromatic nitrogens is 2. The molecule has 16 heavy (non-hydrogen) atoms. The first-order valence-electron chi connectivity index (χ1n) is 5.56. The van der Waals surface area contributed by atoms with E-state index in [0.717, 1.165) is 12.8 Å². The van der Waals surface area contributed by atoms with Gasteiger partial charge in [-0.3, -0.25) is 9.48 Å². The fourth-order valence-electron chi connectivity index (χ4n) is 1.25. The lowest BCUT2D eigenvalue weighted by molar-refractivity contribution is -0.127. The molecule has 1 unspecified atom stereocenters. The van der Waals surface area contributed by atoms with Crippen molar-refractivity contribution < 1.29 is 9.53 Å². The highest BCUT2D eigenvalue weighted by Crippen LogP contribution is 2.09. The smallest absolute Gasteiger partial charge is 0.260 e. The first kappa shape index (κ1) is 12.5. The number of rotatable bonds is 6. The minimum atomic E-state index is -0.485. The van der Waals surface area contributed by atoms with Crippen LogP contribution in [0.5, 0.6) is 5.75 Å². The number of hydrogen-bond donors (Lipinski definition) is 1. The first-order chi connectivity index (χ1) is 7.63. The van der Waals surface area contributed by atoms with Gasteiger partial charge in [0.2, 0.25) is 0 Å². The third kappa shape index (κ3) is 3.92. The molecule has 0 aliphatic rings. The second-order valence-electron chi connectivity index (χ2n) is 3.75. The molecule has 0 bridgehead atoms. The minimum absolute atomic E-state index is 0.0858. The number of carbonyl (C=O) groups is 1. The standard InChI is InChI=1S/C11H19N3O2/c1-4-5-6-12-11(15)9(2)16-10-7-13-14(3)8-10/h7-9H,4-6H2,1-3H3,(H,12,15). The summed E-state index contributed by atoms with van der Waals surface area (Å²) in [5.41, 5.74) is 0. The molecular weight excluding hydrogens is 206 g/mol. The van der Waals surface area contributed by atoms with E-state index in [4.69, 9.17) is 4.74 Å². The highest BCUT2D eigenvalue weighted by atomic mass is 16.5. The van der Waals surface area contributed by atoms with Gasteiger partial charge in [0, 0.05) is 13.6 Å². The molecule has 1 amide bonds. The number of ether oxygens (including phenoxy) is 1. The van der Waals surface area contributed by atoms with Gasteiger partial charge >= 0.3 is 0 Å². The predicted octanol–water partition coefficient (Wildman–Crippen LogP) is 1.10. The Morgan fingerprint density at radius 3 is 3.00 bits per heavy atom. The van der Waals surface area contributed by atoms with Gasteiger partial charge in [-0.15, -0.1) is 0 Å². The Bertz CT molecular complexity index is 336. The topological polar surface area (TPSA) is 56.1 Å². The molecule has 0 fully saturated rings.